The zero-order valence-electron chi connectivity index (χ0n) is 14.9. The largest absolute Gasteiger partial charge is 0.478 e. The number of hydrogen-bond donors (Lipinski definition) is 1. The first-order chi connectivity index (χ1) is 13.9. The smallest absolute Gasteiger partial charge is 0.337 e. The number of non-ortho nitro benzene ring substituents is 1. The molecule has 0 saturated heterocycles. The lowest BCUT2D eigenvalue weighted by molar-refractivity contribution is -0.384. The minimum atomic E-state index is -1.14. The van der Waals surface area contributed by atoms with E-state index in [1.54, 1.807) is 37.3 Å². The van der Waals surface area contributed by atoms with Crippen LogP contribution in [-0.2, 0) is 0 Å². The summed E-state index contributed by atoms with van der Waals surface area (Å²) in [6, 6.07) is 10.6. The second-order valence-corrected chi connectivity index (χ2v) is 6.66. The van der Waals surface area contributed by atoms with Gasteiger partial charge in [-0.1, -0.05) is 16.8 Å². The van der Waals surface area contributed by atoms with E-state index in [0.717, 1.165) is 0 Å². The molecule has 29 heavy (non-hydrogen) atoms. The Kier molecular flexibility index (Phi) is 4.44. The number of nitrogens with zero attached hydrogens (tertiary/aromatic N) is 5. The van der Waals surface area contributed by atoms with Crippen molar-refractivity contribution in [3.05, 3.63) is 75.1 Å². The van der Waals surface area contributed by atoms with Crippen LogP contribution in [0, 0.1) is 17.0 Å². The van der Waals surface area contributed by atoms with Gasteiger partial charge in [-0.2, -0.15) is 0 Å². The Morgan fingerprint density at radius 2 is 1.93 bits per heavy atom. The Morgan fingerprint density at radius 3 is 2.59 bits per heavy atom. The van der Waals surface area contributed by atoms with Gasteiger partial charge in [-0.25, -0.2) is 9.48 Å². The first-order valence-corrected chi connectivity index (χ1v) is 8.73. The molecule has 0 bridgehead atoms. The number of pyridine rings is 1. The molecule has 1 N–H and O–H groups in total. The summed E-state index contributed by atoms with van der Waals surface area (Å²) in [5.41, 5.74) is 2.24. The Morgan fingerprint density at radius 1 is 1.21 bits per heavy atom. The van der Waals surface area contributed by atoms with Crippen LogP contribution in [0.2, 0.25) is 5.02 Å². The minimum Gasteiger partial charge on any atom is -0.478 e. The molecular formula is C19H12ClN5O4. The monoisotopic (exact) mass is 409 g/mol. The van der Waals surface area contributed by atoms with Crippen LogP contribution in [0.1, 0.15) is 16.1 Å². The maximum absolute atomic E-state index is 12.0. The molecule has 0 aliphatic carbocycles. The summed E-state index contributed by atoms with van der Waals surface area (Å²) < 4.78 is 1.48. The van der Waals surface area contributed by atoms with Crippen LogP contribution in [-0.4, -0.2) is 36.0 Å². The second kappa shape index (κ2) is 6.95. The van der Waals surface area contributed by atoms with Gasteiger partial charge < -0.3 is 5.11 Å². The molecule has 0 fully saturated rings. The summed E-state index contributed by atoms with van der Waals surface area (Å²) in [7, 11) is 0. The number of nitro groups is 1. The van der Waals surface area contributed by atoms with Gasteiger partial charge in [0.25, 0.3) is 5.69 Å². The first-order valence-electron chi connectivity index (χ1n) is 8.36. The van der Waals surface area contributed by atoms with Gasteiger partial charge in [0.05, 0.1) is 27.4 Å². The molecule has 4 aromatic rings. The summed E-state index contributed by atoms with van der Waals surface area (Å²) in [5, 5.41) is 29.7. The van der Waals surface area contributed by atoms with E-state index >= 15 is 0 Å². The standard InChI is InChI=1S/C19H12ClN5O4/c1-10-18(22-23-24(10)12-3-5-13(6-4-12)25(28)29)15-9-21-16-7-2-11(20)8-14(16)17(15)19(26)27/h2-9H,1H3,(H,26,27). The van der Waals surface area contributed by atoms with Gasteiger partial charge in [0.1, 0.15) is 5.69 Å². The molecule has 2 aromatic heterocycles. The summed E-state index contributed by atoms with van der Waals surface area (Å²) in [6.45, 7) is 1.73. The number of rotatable bonds is 4. The number of aromatic carboxylic acids is 1. The number of fused-ring (bicyclic) bond motifs is 1. The Hall–Kier alpha value is -3.85. The fourth-order valence-corrected chi connectivity index (χ4v) is 3.29. The van der Waals surface area contributed by atoms with Crippen LogP contribution in [0.25, 0.3) is 27.8 Å². The third kappa shape index (κ3) is 3.17. The second-order valence-electron chi connectivity index (χ2n) is 6.22. The average Bonchev–Trinajstić information content (AvgIpc) is 3.08. The third-order valence-electron chi connectivity index (χ3n) is 4.50. The van der Waals surface area contributed by atoms with Gasteiger partial charge in [-0.15, -0.1) is 5.10 Å². The van der Waals surface area contributed by atoms with E-state index in [-0.39, 0.29) is 11.3 Å². The predicted octanol–water partition coefficient (Wildman–Crippen LogP) is 4.05. The molecule has 9 nitrogen and oxygen atoms in total. The lowest BCUT2D eigenvalue weighted by Crippen LogP contribution is -2.04. The van der Waals surface area contributed by atoms with E-state index in [9.17, 15) is 20.0 Å². The molecule has 0 saturated carbocycles. The number of benzene rings is 2. The quantitative estimate of drug-likeness (QED) is 0.398. The highest BCUT2D eigenvalue weighted by molar-refractivity contribution is 6.31. The fourth-order valence-electron chi connectivity index (χ4n) is 3.11. The lowest BCUT2D eigenvalue weighted by atomic mass is 10.0. The Balaban J connectivity index is 1.88. The molecular weight excluding hydrogens is 398 g/mol. The van der Waals surface area contributed by atoms with Gasteiger partial charge in [0, 0.05) is 34.3 Å². The predicted molar refractivity (Wildman–Crippen MR) is 105 cm³/mol. The van der Waals surface area contributed by atoms with Gasteiger partial charge in [-0.3, -0.25) is 15.1 Å². The number of halogens is 1. The van der Waals surface area contributed by atoms with E-state index in [4.69, 9.17) is 11.6 Å². The number of aromatic nitrogens is 4. The van der Waals surface area contributed by atoms with Gasteiger partial charge in [0.2, 0.25) is 0 Å². The molecule has 2 heterocycles. The molecule has 0 spiro atoms. The van der Waals surface area contributed by atoms with E-state index < -0.39 is 10.9 Å². The minimum absolute atomic E-state index is 0.0244. The molecule has 0 unspecified atom stereocenters. The zero-order chi connectivity index (χ0) is 20.7. The van der Waals surface area contributed by atoms with Crippen molar-refractivity contribution in [1.29, 1.82) is 0 Å². The van der Waals surface area contributed by atoms with Gasteiger partial charge in [-0.05, 0) is 37.3 Å². The van der Waals surface area contributed by atoms with Crippen molar-refractivity contribution < 1.29 is 14.8 Å². The molecule has 0 atom stereocenters. The van der Waals surface area contributed by atoms with Crippen LogP contribution < -0.4 is 0 Å². The topological polar surface area (TPSA) is 124 Å². The summed E-state index contributed by atoms with van der Waals surface area (Å²) in [4.78, 5) is 26.7. The molecule has 10 heteroatoms. The SMILES string of the molecule is Cc1c(-c2cnc3ccc(Cl)cc3c2C(=O)O)nnn1-c1ccc([N+](=O)[O-])cc1. The van der Waals surface area contributed by atoms with Crippen molar-refractivity contribution in [2.75, 3.05) is 0 Å². The maximum Gasteiger partial charge on any atom is 0.337 e. The van der Waals surface area contributed by atoms with Crippen molar-refractivity contribution in [2.45, 2.75) is 6.92 Å². The lowest BCUT2D eigenvalue weighted by Gasteiger charge is -2.09. The van der Waals surface area contributed by atoms with E-state index in [1.807, 2.05) is 0 Å². The molecule has 4 rings (SSSR count). The summed E-state index contributed by atoms with van der Waals surface area (Å²) in [6.07, 6.45) is 1.44. The zero-order valence-corrected chi connectivity index (χ0v) is 15.7. The third-order valence-corrected chi connectivity index (χ3v) is 4.73. The fraction of sp³-hybridized carbons (Fsp3) is 0.0526. The highest BCUT2D eigenvalue weighted by Crippen LogP contribution is 2.31. The maximum atomic E-state index is 12.0. The number of carbonyl (C=O) groups is 1. The number of hydrogen-bond acceptors (Lipinski definition) is 6. The highest BCUT2D eigenvalue weighted by atomic mass is 35.5. The Bertz CT molecular complexity index is 1280. The van der Waals surface area contributed by atoms with Crippen LogP contribution in [0.4, 0.5) is 5.69 Å². The summed E-state index contributed by atoms with van der Waals surface area (Å²) in [5.74, 6) is -1.14. The first kappa shape index (κ1) is 18.5. The van der Waals surface area contributed by atoms with Crippen molar-refractivity contribution in [2.24, 2.45) is 0 Å². The summed E-state index contributed by atoms with van der Waals surface area (Å²) >= 11 is 6.04. The molecule has 2 aromatic carbocycles. The van der Waals surface area contributed by atoms with E-state index in [2.05, 4.69) is 15.3 Å². The van der Waals surface area contributed by atoms with Crippen LogP contribution in [0.5, 0.6) is 0 Å². The van der Waals surface area contributed by atoms with E-state index in [0.29, 0.717) is 38.6 Å². The van der Waals surface area contributed by atoms with Crippen LogP contribution in [0.15, 0.2) is 48.7 Å². The van der Waals surface area contributed by atoms with Crippen molar-refractivity contribution in [3.63, 3.8) is 0 Å². The normalized spacial score (nSPS) is 11.0. The number of carboxylic acid groups (broad SMARTS) is 1. The number of carboxylic acids is 1. The van der Waals surface area contributed by atoms with Crippen molar-refractivity contribution in [3.8, 4) is 16.9 Å². The average molecular weight is 410 g/mol. The number of nitro benzene ring substituents is 1. The van der Waals surface area contributed by atoms with Crippen molar-refractivity contribution >= 4 is 34.2 Å². The van der Waals surface area contributed by atoms with Gasteiger partial charge >= 0.3 is 5.97 Å². The van der Waals surface area contributed by atoms with Crippen LogP contribution >= 0.6 is 11.6 Å². The molecule has 0 aliphatic rings. The van der Waals surface area contributed by atoms with E-state index in [1.165, 1.54) is 23.0 Å². The van der Waals surface area contributed by atoms with Gasteiger partial charge in [0.15, 0.2) is 0 Å². The molecule has 0 radical (unpaired) electrons. The van der Waals surface area contributed by atoms with Crippen LogP contribution in [0.3, 0.4) is 0 Å². The highest BCUT2D eigenvalue weighted by Gasteiger charge is 2.22. The molecule has 0 amide bonds. The molecule has 144 valence electrons. The van der Waals surface area contributed by atoms with Crippen molar-refractivity contribution in [1.82, 2.24) is 20.0 Å². The molecule has 0 aliphatic heterocycles. The Labute approximate surface area is 168 Å².